The van der Waals surface area contributed by atoms with Crippen molar-refractivity contribution in [1.82, 2.24) is 24.8 Å². The normalized spacial score (nSPS) is 19.1. The molecule has 2 aliphatic heterocycles. The molecule has 2 fully saturated rings. The molecule has 2 aromatic heterocycles. The lowest BCUT2D eigenvalue weighted by Gasteiger charge is -2.32. The summed E-state index contributed by atoms with van der Waals surface area (Å²) in [6.45, 7) is 4.85. The first-order valence-corrected chi connectivity index (χ1v) is 12.2. The fourth-order valence-electron chi connectivity index (χ4n) is 4.87. The van der Waals surface area contributed by atoms with Crippen molar-refractivity contribution in [2.24, 2.45) is 0 Å². The van der Waals surface area contributed by atoms with Crippen LogP contribution in [0.25, 0.3) is 0 Å². The summed E-state index contributed by atoms with van der Waals surface area (Å²) in [5.74, 6) is 2.99. The van der Waals surface area contributed by atoms with E-state index in [9.17, 15) is 0 Å². The van der Waals surface area contributed by atoms with E-state index in [1.54, 1.807) is 19.5 Å². The molecule has 4 heterocycles. The predicted molar refractivity (Wildman–Crippen MR) is 130 cm³/mol. The van der Waals surface area contributed by atoms with E-state index in [0.717, 1.165) is 62.9 Å². The van der Waals surface area contributed by atoms with E-state index >= 15 is 0 Å². The van der Waals surface area contributed by atoms with Gasteiger partial charge in [0.15, 0.2) is 11.5 Å². The maximum atomic E-state index is 6.18. The summed E-state index contributed by atoms with van der Waals surface area (Å²) in [5.41, 5.74) is 1.97. The maximum Gasteiger partial charge on any atom is 0.241 e. The van der Waals surface area contributed by atoms with Gasteiger partial charge in [-0.3, -0.25) is 9.88 Å². The minimum absolute atomic E-state index is 0.246. The molecule has 1 aromatic carbocycles. The van der Waals surface area contributed by atoms with Gasteiger partial charge in [-0.1, -0.05) is 12.1 Å². The average molecular weight is 461 g/mol. The highest BCUT2D eigenvalue weighted by molar-refractivity contribution is 5.42. The first kappa shape index (κ1) is 22.5. The van der Waals surface area contributed by atoms with E-state index in [1.807, 2.05) is 36.5 Å². The van der Waals surface area contributed by atoms with Gasteiger partial charge in [-0.15, -0.1) is 0 Å². The van der Waals surface area contributed by atoms with E-state index in [0.29, 0.717) is 17.4 Å². The van der Waals surface area contributed by atoms with Crippen LogP contribution in [0.1, 0.15) is 49.4 Å². The van der Waals surface area contributed by atoms with Crippen molar-refractivity contribution in [3.63, 3.8) is 0 Å². The van der Waals surface area contributed by atoms with E-state index in [4.69, 9.17) is 14.5 Å². The monoisotopic (exact) mass is 460 g/mol. The number of hydrogen-bond donors (Lipinski definition) is 0. The third kappa shape index (κ3) is 5.28. The molecule has 3 aromatic rings. The van der Waals surface area contributed by atoms with Gasteiger partial charge in [0.1, 0.15) is 5.69 Å². The van der Waals surface area contributed by atoms with Crippen LogP contribution in [0.5, 0.6) is 17.4 Å². The molecule has 2 aliphatic rings. The van der Waals surface area contributed by atoms with Gasteiger partial charge in [0, 0.05) is 50.7 Å². The molecule has 178 valence electrons. The number of likely N-dealkylation sites (tertiary alicyclic amines) is 1. The van der Waals surface area contributed by atoms with Gasteiger partial charge in [0.05, 0.1) is 12.8 Å². The van der Waals surface area contributed by atoms with E-state index in [1.165, 1.54) is 19.3 Å². The van der Waals surface area contributed by atoms with Crippen LogP contribution in [0, 0.1) is 0 Å². The molecule has 1 atom stereocenters. The zero-order chi connectivity index (χ0) is 23.2. The molecular formula is C26H32N6O2. The number of para-hydroxylation sites is 2. The van der Waals surface area contributed by atoms with Gasteiger partial charge < -0.3 is 14.4 Å². The van der Waals surface area contributed by atoms with Crippen LogP contribution >= 0.6 is 0 Å². The molecule has 0 saturated carbocycles. The number of benzene rings is 1. The van der Waals surface area contributed by atoms with Crippen LogP contribution in [0.2, 0.25) is 0 Å². The number of rotatable bonds is 7. The molecule has 0 N–H and O–H groups in total. The summed E-state index contributed by atoms with van der Waals surface area (Å²) in [4.78, 5) is 23.4. The Kier molecular flexibility index (Phi) is 7.14. The molecule has 2 saturated heterocycles. The highest BCUT2D eigenvalue weighted by Crippen LogP contribution is 2.36. The number of piperidine rings is 2. The van der Waals surface area contributed by atoms with Crippen LogP contribution in [0.15, 0.2) is 48.9 Å². The molecule has 0 spiro atoms. The second kappa shape index (κ2) is 10.8. The van der Waals surface area contributed by atoms with Gasteiger partial charge in [0.2, 0.25) is 11.8 Å². The van der Waals surface area contributed by atoms with Crippen molar-refractivity contribution in [2.75, 3.05) is 38.2 Å². The Hall–Kier alpha value is -3.26. The van der Waals surface area contributed by atoms with Gasteiger partial charge >= 0.3 is 0 Å². The first-order valence-electron chi connectivity index (χ1n) is 12.2. The second-order valence-corrected chi connectivity index (χ2v) is 8.97. The van der Waals surface area contributed by atoms with Gasteiger partial charge in [-0.2, -0.15) is 0 Å². The van der Waals surface area contributed by atoms with Crippen molar-refractivity contribution >= 4 is 5.95 Å². The number of methoxy groups -OCH3 is 1. The summed E-state index contributed by atoms with van der Waals surface area (Å²) in [6.07, 6.45) is 11.2. The largest absolute Gasteiger partial charge is 0.493 e. The number of aromatic nitrogens is 4. The third-order valence-electron chi connectivity index (χ3n) is 6.58. The fraction of sp³-hybridized carbons (Fsp3) is 0.462. The quantitative estimate of drug-likeness (QED) is 0.512. The lowest BCUT2D eigenvalue weighted by Crippen LogP contribution is -2.35. The van der Waals surface area contributed by atoms with Crippen LogP contribution in [0.3, 0.4) is 0 Å². The molecule has 0 radical (unpaired) electrons. The molecule has 0 amide bonds. The van der Waals surface area contributed by atoms with E-state index in [2.05, 4.69) is 24.8 Å². The topological polar surface area (TPSA) is 76.5 Å². The molecule has 0 unspecified atom stereocenters. The molecule has 8 heteroatoms. The molecule has 0 bridgehead atoms. The van der Waals surface area contributed by atoms with E-state index < -0.39 is 0 Å². The summed E-state index contributed by atoms with van der Waals surface area (Å²) in [6, 6.07) is 9.66. The van der Waals surface area contributed by atoms with Crippen LogP contribution in [-0.4, -0.2) is 58.1 Å². The zero-order valence-corrected chi connectivity index (χ0v) is 19.8. The summed E-state index contributed by atoms with van der Waals surface area (Å²) in [7, 11) is 1.64. The van der Waals surface area contributed by atoms with Crippen LogP contribution in [-0.2, 0) is 6.54 Å². The summed E-state index contributed by atoms with van der Waals surface area (Å²) < 4.78 is 11.6. The second-order valence-electron chi connectivity index (χ2n) is 8.97. The number of hydrogen-bond acceptors (Lipinski definition) is 8. The Morgan fingerprint density at radius 1 is 0.882 bits per heavy atom. The Bertz CT molecular complexity index is 1090. The van der Waals surface area contributed by atoms with Gasteiger partial charge in [-0.05, 0) is 56.8 Å². The highest BCUT2D eigenvalue weighted by atomic mass is 16.5. The first-order chi connectivity index (χ1) is 16.8. The van der Waals surface area contributed by atoms with Crippen molar-refractivity contribution in [1.29, 1.82) is 0 Å². The third-order valence-corrected chi connectivity index (χ3v) is 6.58. The van der Waals surface area contributed by atoms with Crippen LogP contribution in [0.4, 0.5) is 5.95 Å². The Balaban J connectivity index is 1.29. The van der Waals surface area contributed by atoms with Crippen molar-refractivity contribution in [3.8, 4) is 17.4 Å². The Labute approximate surface area is 201 Å². The van der Waals surface area contributed by atoms with Crippen molar-refractivity contribution in [2.45, 2.75) is 44.6 Å². The average Bonchev–Trinajstić information content (AvgIpc) is 2.90. The predicted octanol–water partition coefficient (Wildman–Crippen LogP) is 4.44. The minimum Gasteiger partial charge on any atom is -0.493 e. The van der Waals surface area contributed by atoms with Crippen LogP contribution < -0.4 is 14.4 Å². The molecule has 34 heavy (non-hydrogen) atoms. The molecule has 0 aliphatic carbocycles. The molecule has 8 nitrogen and oxygen atoms in total. The maximum absolute atomic E-state index is 6.18. The smallest absolute Gasteiger partial charge is 0.241 e. The van der Waals surface area contributed by atoms with Gasteiger partial charge in [-0.25, -0.2) is 15.0 Å². The summed E-state index contributed by atoms with van der Waals surface area (Å²) >= 11 is 0. The van der Waals surface area contributed by atoms with E-state index in [-0.39, 0.29) is 5.92 Å². The zero-order valence-electron chi connectivity index (χ0n) is 19.8. The lowest BCUT2D eigenvalue weighted by atomic mass is 9.94. The SMILES string of the molecule is COc1ccccc1Oc1nccnc1[C@H]1CCCN(Cc2ccnc(N3CCCCC3)n2)C1. The standard InChI is InChI=1S/C26H32N6O2/c1-33-22-9-3-4-10-23(22)34-25-24(27-13-14-28-25)20-8-7-15-31(18-20)19-21-11-12-29-26(30-21)32-16-5-2-6-17-32/h3-4,9-14,20H,2,5-8,15-19H2,1H3/t20-/m0/s1. The van der Waals surface area contributed by atoms with Gasteiger partial charge in [0.25, 0.3) is 0 Å². The molecule has 5 rings (SSSR count). The molecular weight excluding hydrogens is 428 g/mol. The Morgan fingerprint density at radius 2 is 1.71 bits per heavy atom. The summed E-state index contributed by atoms with van der Waals surface area (Å²) in [5, 5.41) is 0. The fourth-order valence-corrected chi connectivity index (χ4v) is 4.87. The van der Waals surface area contributed by atoms with Crippen molar-refractivity contribution in [3.05, 3.63) is 60.3 Å². The highest BCUT2D eigenvalue weighted by Gasteiger charge is 2.27. The van der Waals surface area contributed by atoms with Crippen molar-refractivity contribution < 1.29 is 9.47 Å². The minimum atomic E-state index is 0.246. The number of ether oxygens (including phenoxy) is 2. The Morgan fingerprint density at radius 3 is 2.56 bits per heavy atom. The number of anilines is 1. The lowest BCUT2D eigenvalue weighted by molar-refractivity contribution is 0.194. The number of nitrogens with zero attached hydrogens (tertiary/aromatic N) is 6.